The molecule has 6 heteroatoms. The second-order valence-corrected chi connectivity index (χ2v) is 7.03. The number of urea groups is 1. The van der Waals surface area contributed by atoms with Crippen LogP contribution >= 0.6 is 0 Å². The molecule has 3 N–H and O–H groups in total. The number of aliphatic hydroxyl groups is 1. The standard InChI is InChI=1S/C23H23N3O3/c1-2-15-6-5-8-18(12-15)29-21-11-10-17(14-24-21)25-23(28)26-22-19-9-4-3-7-16(19)13-20(22)27/h3-12,14,20,22,27H,2,13H2,1H3,(H2,25,26,28)/t20-,22+/m0/s1. The highest BCUT2D eigenvalue weighted by Gasteiger charge is 2.31. The summed E-state index contributed by atoms with van der Waals surface area (Å²) in [5.41, 5.74) is 3.73. The number of aromatic nitrogens is 1. The van der Waals surface area contributed by atoms with Gasteiger partial charge in [-0.1, -0.05) is 43.3 Å². The van der Waals surface area contributed by atoms with E-state index in [4.69, 9.17) is 4.74 Å². The summed E-state index contributed by atoms with van der Waals surface area (Å²) in [6.45, 7) is 2.09. The van der Waals surface area contributed by atoms with E-state index in [1.54, 1.807) is 12.1 Å². The van der Waals surface area contributed by atoms with Crippen LogP contribution in [0.1, 0.15) is 29.7 Å². The molecule has 0 radical (unpaired) electrons. The first-order valence-electron chi connectivity index (χ1n) is 9.68. The molecule has 1 heterocycles. The number of anilines is 1. The van der Waals surface area contributed by atoms with Crippen molar-refractivity contribution in [1.29, 1.82) is 0 Å². The molecular weight excluding hydrogens is 366 g/mol. The molecule has 0 spiro atoms. The summed E-state index contributed by atoms with van der Waals surface area (Å²) in [5.74, 6) is 1.17. The van der Waals surface area contributed by atoms with Crippen molar-refractivity contribution in [3.8, 4) is 11.6 Å². The summed E-state index contributed by atoms with van der Waals surface area (Å²) in [6.07, 6.45) is 2.37. The van der Waals surface area contributed by atoms with Crippen LogP contribution in [-0.2, 0) is 12.8 Å². The lowest BCUT2D eigenvalue weighted by Crippen LogP contribution is -2.36. The summed E-state index contributed by atoms with van der Waals surface area (Å²) in [5, 5.41) is 15.9. The van der Waals surface area contributed by atoms with E-state index in [2.05, 4.69) is 22.5 Å². The van der Waals surface area contributed by atoms with Crippen LogP contribution in [-0.4, -0.2) is 22.2 Å². The minimum atomic E-state index is -0.633. The fraction of sp³-hybridized carbons (Fsp3) is 0.217. The van der Waals surface area contributed by atoms with Crippen molar-refractivity contribution < 1.29 is 14.6 Å². The normalized spacial score (nSPS) is 17.4. The van der Waals surface area contributed by atoms with Gasteiger partial charge in [0.2, 0.25) is 5.88 Å². The third-order valence-electron chi connectivity index (χ3n) is 5.01. The van der Waals surface area contributed by atoms with Crippen LogP contribution in [0.4, 0.5) is 10.5 Å². The fourth-order valence-electron chi connectivity index (χ4n) is 3.52. The average Bonchev–Trinajstić information content (AvgIpc) is 3.05. The molecule has 6 nitrogen and oxygen atoms in total. The molecule has 148 valence electrons. The number of hydrogen-bond donors (Lipinski definition) is 3. The number of aryl methyl sites for hydroxylation is 1. The summed E-state index contributed by atoms with van der Waals surface area (Å²) in [7, 11) is 0. The highest BCUT2D eigenvalue weighted by Crippen LogP contribution is 2.31. The van der Waals surface area contributed by atoms with Gasteiger partial charge in [0.15, 0.2) is 0 Å². The van der Waals surface area contributed by atoms with E-state index in [9.17, 15) is 9.90 Å². The van der Waals surface area contributed by atoms with Gasteiger partial charge < -0.3 is 20.5 Å². The molecule has 2 aromatic carbocycles. The van der Waals surface area contributed by atoms with Crippen molar-refractivity contribution in [2.24, 2.45) is 0 Å². The van der Waals surface area contributed by atoms with Gasteiger partial charge in [0, 0.05) is 12.5 Å². The Kier molecular flexibility index (Phi) is 5.44. The Bertz CT molecular complexity index is 1000. The number of rotatable bonds is 5. The zero-order chi connectivity index (χ0) is 20.2. The molecule has 1 aliphatic carbocycles. The first kappa shape index (κ1) is 19.0. The lowest BCUT2D eigenvalue weighted by atomic mass is 10.1. The molecule has 2 amide bonds. The van der Waals surface area contributed by atoms with Gasteiger partial charge in [-0.15, -0.1) is 0 Å². The maximum atomic E-state index is 12.4. The molecular formula is C23H23N3O3. The number of hydrogen-bond acceptors (Lipinski definition) is 4. The Hall–Kier alpha value is -3.38. The Morgan fingerprint density at radius 1 is 1.17 bits per heavy atom. The molecule has 0 fully saturated rings. The van der Waals surface area contributed by atoms with Crippen LogP contribution in [0.15, 0.2) is 66.9 Å². The molecule has 0 bridgehead atoms. The van der Waals surface area contributed by atoms with Crippen molar-refractivity contribution in [2.45, 2.75) is 31.9 Å². The van der Waals surface area contributed by atoms with E-state index in [0.29, 0.717) is 18.0 Å². The number of nitrogens with zero attached hydrogens (tertiary/aromatic N) is 1. The molecule has 1 aliphatic rings. The molecule has 0 saturated carbocycles. The zero-order valence-corrected chi connectivity index (χ0v) is 16.1. The number of carbonyl (C=O) groups is 1. The van der Waals surface area contributed by atoms with E-state index >= 15 is 0 Å². The smallest absolute Gasteiger partial charge is 0.319 e. The van der Waals surface area contributed by atoms with Crippen LogP contribution in [0.2, 0.25) is 0 Å². The van der Waals surface area contributed by atoms with E-state index < -0.39 is 18.2 Å². The maximum Gasteiger partial charge on any atom is 0.319 e. The molecule has 29 heavy (non-hydrogen) atoms. The van der Waals surface area contributed by atoms with E-state index in [-0.39, 0.29) is 0 Å². The molecule has 0 saturated heterocycles. The van der Waals surface area contributed by atoms with Gasteiger partial charge in [-0.2, -0.15) is 0 Å². The van der Waals surface area contributed by atoms with Crippen molar-refractivity contribution in [1.82, 2.24) is 10.3 Å². The minimum absolute atomic E-state index is 0.392. The van der Waals surface area contributed by atoms with Gasteiger partial charge >= 0.3 is 6.03 Å². The van der Waals surface area contributed by atoms with Crippen molar-refractivity contribution >= 4 is 11.7 Å². The van der Waals surface area contributed by atoms with Crippen molar-refractivity contribution in [3.63, 3.8) is 0 Å². The summed E-state index contributed by atoms with van der Waals surface area (Å²) in [6, 6.07) is 18.2. The first-order chi connectivity index (χ1) is 14.1. The number of amides is 2. The predicted molar refractivity (Wildman–Crippen MR) is 111 cm³/mol. The highest BCUT2D eigenvalue weighted by molar-refractivity contribution is 5.89. The van der Waals surface area contributed by atoms with Gasteiger partial charge in [0.05, 0.1) is 24.0 Å². The van der Waals surface area contributed by atoms with E-state index in [1.807, 2.05) is 48.5 Å². The molecule has 0 aliphatic heterocycles. The van der Waals surface area contributed by atoms with Gasteiger partial charge in [-0.3, -0.25) is 0 Å². The average molecular weight is 389 g/mol. The number of aliphatic hydroxyl groups excluding tert-OH is 1. The summed E-state index contributed by atoms with van der Waals surface area (Å²) < 4.78 is 5.77. The van der Waals surface area contributed by atoms with Crippen LogP contribution in [0, 0.1) is 0 Å². The zero-order valence-electron chi connectivity index (χ0n) is 16.1. The quantitative estimate of drug-likeness (QED) is 0.610. The number of ether oxygens (including phenoxy) is 1. The first-order valence-corrected chi connectivity index (χ1v) is 9.68. The molecule has 1 aromatic heterocycles. The Morgan fingerprint density at radius 2 is 2.03 bits per heavy atom. The van der Waals surface area contributed by atoms with E-state index in [0.717, 1.165) is 23.3 Å². The SMILES string of the molecule is CCc1cccc(Oc2ccc(NC(=O)N[C@@H]3c4ccccc4C[C@@H]3O)cn2)c1. The fourth-order valence-corrected chi connectivity index (χ4v) is 3.52. The maximum absolute atomic E-state index is 12.4. The number of carbonyl (C=O) groups excluding carboxylic acids is 1. The van der Waals surface area contributed by atoms with E-state index in [1.165, 1.54) is 11.8 Å². The second-order valence-electron chi connectivity index (χ2n) is 7.03. The number of nitrogens with one attached hydrogen (secondary N) is 2. The van der Waals surface area contributed by atoms with Crippen LogP contribution in [0.3, 0.4) is 0 Å². The molecule has 2 atom stereocenters. The second kappa shape index (κ2) is 8.32. The van der Waals surface area contributed by atoms with Crippen LogP contribution in [0.25, 0.3) is 0 Å². The lowest BCUT2D eigenvalue weighted by Gasteiger charge is -2.18. The Morgan fingerprint density at radius 3 is 2.83 bits per heavy atom. The Labute approximate surface area is 169 Å². The highest BCUT2D eigenvalue weighted by atomic mass is 16.5. The van der Waals surface area contributed by atoms with Gasteiger partial charge in [0.25, 0.3) is 0 Å². The van der Waals surface area contributed by atoms with Crippen molar-refractivity contribution in [3.05, 3.63) is 83.6 Å². The van der Waals surface area contributed by atoms with Crippen LogP contribution < -0.4 is 15.4 Å². The lowest BCUT2D eigenvalue weighted by molar-refractivity contribution is 0.144. The summed E-state index contributed by atoms with van der Waals surface area (Å²) in [4.78, 5) is 16.6. The number of pyridine rings is 1. The molecule has 3 aromatic rings. The third-order valence-corrected chi connectivity index (χ3v) is 5.01. The minimum Gasteiger partial charge on any atom is -0.439 e. The largest absolute Gasteiger partial charge is 0.439 e. The van der Waals surface area contributed by atoms with Crippen molar-refractivity contribution in [2.75, 3.05) is 5.32 Å². The molecule has 4 rings (SSSR count). The topological polar surface area (TPSA) is 83.5 Å². The third kappa shape index (κ3) is 4.38. The van der Waals surface area contributed by atoms with Gasteiger partial charge in [0.1, 0.15) is 5.75 Å². The van der Waals surface area contributed by atoms with Gasteiger partial charge in [-0.25, -0.2) is 9.78 Å². The predicted octanol–water partition coefficient (Wildman–Crippen LogP) is 4.22. The number of benzene rings is 2. The monoisotopic (exact) mass is 389 g/mol. The number of fused-ring (bicyclic) bond motifs is 1. The Balaban J connectivity index is 1.37. The molecule has 0 unspecified atom stereocenters. The summed E-state index contributed by atoms with van der Waals surface area (Å²) >= 11 is 0. The van der Waals surface area contributed by atoms with Gasteiger partial charge in [-0.05, 0) is 41.3 Å². The van der Waals surface area contributed by atoms with Crippen LogP contribution in [0.5, 0.6) is 11.6 Å².